The highest BCUT2D eigenvalue weighted by atomic mass is 32.3. The van der Waals surface area contributed by atoms with Crippen LogP contribution in [0.4, 0.5) is 0 Å². The Kier molecular flexibility index (Phi) is 12.9. The van der Waals surface area contributed by atoms with Crippen molar-refractivity contribution in [3.05, 3.63) is 0 Å². The largest absolute Gasteiger partial charge is 0.399 e. The lowest BCUT2D eigenvalue weighted by Crippen LogP contribution is -2.21. The third-order valence-electron chi connectivity index (χ3n) is 1.87. The van der Waals surface area contributed by atoms with Crippen LogP contribution in [-0.4, -0.2) is 46.2 Å². The molecule has 6 heteroatoms. The van der Waals surface area contributed by atoms with Crippen molar-refractivity contribution < 1.29 is 16.8 Å². The van der Waals surface area contributed by atoms with Crippen molar-refractivity contribution in [2.24, 2.45) is 0 Å². The Balaban J connectivity index is 0. The second kappa shape index (κ2) is 11.3. The van der Waals surface area contributed by atoms with Crippen LogP contribution in [0.3, 0.4) is 0 Å². The van der Waals surface area contributed by atoms with Gasteiger partial charge in [0.15, 0.2) is 0 Å². The molecule has 0 saturated heterocycles. The third kappa shape index (κ3) is 11.9. The first-order valence-corrected chi connectivity index (χ1v) is 7.06. The third-order valence-corrected chi connectivity index (χ3v) is 2.91. The molecule has 0 atom stereocenters. The van der Waals surface area contributed by atoms with E-state index in [1.165, 1.54) is 19.6 Å². The van der Waals surface area contributed by atoms with Crippen LogP contribution in [0.15, 0.2) is 0 Å². The van der Waals surface area contributed by atoms with Crippen molar-refractivity contribution >= 4 is 10.4 Å². The van der Waals surface area contributed by atoms with E-state index in [4.69, 9.17) is 0 Å². The van der Waals surface area contributed by atoms with E-state index in [1.54, 1.807) is 13.8 Å². The second-order valence-electron chi connectivity index (χ2n) is 2.84. The van der Waals surface area contributed by atoms with Gasteiger partial charge in [0.05, 0.1) is 13.2 Å². The Labute approximate surface area is 100 Å². The van der Waals surface area contributed by atoms with Gasteiger partial charge in [-0.15, -0.1) is 0 Å². The molecule has 0 unspecified atom stereocenters. The topological polar surface area (TPSA) is 55.8 Å². The number of rotatable bonds is 7. The molecule has 0 fully saturated rings. The average Bonchev–Trinajstić information content (AvgIpc) is 2.21. The molecule has 0 bridgehead atoms. The summed E-state index contributed by atoms with van der Waals surface area (Å²) in [6, 6.07) is 0. The lowest BCUT2D eigenvalue weighted by atomic mass is 10.5. The van der Waals surface area contributed by atoms with Crippen molar-refractivity contribution in [3.8, 4) is 0 Å². The van der Waals surface area contributed by atoms with Gasteiger partial charge in [-0.1, -0.05) is 20.8 Å². The molecule has 0 aliphatic heterocycles. The molecule has 0 aromatic carbocycles. The standard InChI is InChI=1S/C6H15N.C4H10O4S/c1-4-7(5-2)6-3;1-3-7-9(5,6)8-4-2/h4-6H2,1-3H3;3-4H2,1-2H3. The quantitative estimate of drug-likeness (QED) is 0.692. The highest BCUT2D eigenvalue weighted by Gasteiger charge is 2.06. The van der Waals surface area contributed by atoms with Gasteiger partial charge in [-0.05, 0) is 33.5 Å². The van der Waals surface area contributed by atoms with Gasteiger partial charge in [-0.25, -0.2) is 8.37 Å². The fourth-order valence-electron chi connectivity index (χ4n) is 0.994. The monoisotopic (exact) mass is 255 g/mol. The first-order chi connectivity index (χ1) is 7.47. The minimum absolute atomic E-state index is 0.113. The molecule has 0 aliphatic rings. The van der Waals surface area contributed by atoms with Crippen LogP contribution in [0.2, 0.25) is 0 Å². The molecule has 0 spiro atoms. The highest BCUT2D eigenvalue weighted by molar-refractivity contribution is 7.81. The van der Waals surface area contributed by atoms with Gasteiger partial charge in [-0.2, -0.15) is 8.42 Å². The number of nitrogens with zero attached hydrogens (tertiary/aromatic N) is 1. The Morgan fingerprint density at radius 2 is 1.12 bits per heavy atom. The highest BCUT2D eigenvalue weighted by Crippen LogP contribution is 1.93. The molecule has 0 aliphatic carbocycles. The normalized spacial score (nSPS) is 11.1. The van der Waals surface area contributed by atoms with E-state index in [2.05, 4.69) is 34.0 Å². The van der Waals surface area contributed by atoms with Crippen LogP contribution in [0.25, 0.3) is 0 Å². The Bertz CT molecular complexity index is 207. The molecule has 0 N–H and O–H groups in total. The summed E-state index contributed by atoms with van der Waals surface area (Å²) < 4.78 is 29.2. The summed E-state index contributed by atoms with van der Waals surface area (Å²) in [5.41, 5.74) is 0. The van der Waals surface area contributed by atoms with Crippen molar-refractivity contribution in [1.29, 1.82) is 0 Å². The minimum atomic E-state index is -3.68. The van der Waals surface area contributed by atoms with E-state index in [0.717, 1.165) is 0 Å². The van der Waals surface area contributed by atoms with Crippen molar-refractivity contribution in [2.75, 3.05) is 32.8 Å². The Hall–Kier alpha value is -0.170. The van der Waals surface area contributed by atoms with Gasteiger partial charge in [-0.3, -0.25) is 0 Å². The van der Waals surface area contributed by atoms with E-state index < -0.39 is 10.4 Å². The second-order valence-corrected chi connectivity index (χ2v) is 4.13. The molecular formula is C10H25NO4S. The molecule has 5 nitrogen and oxygen atoms in total. The van der Waals surface area contributed by atoms with Crippen LogP contribution < -0.4 is 0 Å². The summed E-state index contributed by atoms with van der Waals surface area (Å²) in [5.74, 6) is 0. The maximum absolute atomic E-state index is 10.4. The van der Waals surface area contributed by atoms with Gasteiger partial charge in [0.2, 0.25) is 0 Å². The van der Waals surface area contributed by atoms with Crippen LogP contribution in [0.1, 0.15) is 34.6 Å². The van der Waals surface area contributed by atoms with Crippen LogP contribution in [-0.2, 0) is 18.8 Å². The summed E-state index contributed by atoms with van der Waals surface area (Å²) in [4.78, 5) is 2.38. The minimum Gasteiger partial charge on any atom is -0.304 e. The molecule has 16 heavy (non-hydrogen) atoms. The van der Waals surface area contributed by atoms with Gasteiger partial charge in [0, 0.05) is 0 Å². The molecule has 0 saturated carbocycles. The van der Waals surface area contributed by atoms with Crippen molar-refractivity contribution in [3.63, 3.8) is 0 Å². The summed E-state index contributed by atoms with van der Waals surface area (Å²) >= 11 is 0. The molecule has 0 aromatic rings. The van der Waals surface area contributed by atoms with Crippen molar-refractivity contribution in [1.82, 2.24) is 4.90 Å². The fourth-order valence-corrected chi connectivity index (χ4v) is 1.64. The Morgan fingerprint density at radius 1 is 0.812 bits per heavy atom. The van der Waals surface area contributed by atoms with Gasteiger partial charge < -0.3 is 4.90 Å². The molecule has 100 valence electrons. The molecule has 0 heterocycles. The lowest BCUT2D eigenvalue weighted by Gasteiger charge is -2.13. The molecule has 0 radical (unpaired) electrons. The van der Waals surface area contributed by atoms with Gasteiger partial charge in [0.25, 0.3) is 0 Å². The maximum Gasteiger partial charge on any atom is 0.399 e. The lowest BCUT2D eigenvalue weighted by molar-refractivity contribution is 0.231. The summed E-state index contributed by atoms with van der Waals surface area (Å²) in [6.45, 7) is 13.5. The van der Waals surface area contributed by atoms with E-state index in [9.17, 15) is 8.42 Å². The van der Waals surface area contributed by atoms with Crippen LogP contribution in [0, 0.1) is 0 Å². The van der Waals surface area contributed by atoms with E-state index in [-0.39, 0.29) is 13.2 Å². The van der Waals surface area contributed by atoms with E-state index in [0.29, 0.717) is 0 Å². The zero-order chi connectivity index (χ0) is 13.0. The van der Waals surface area contributed by atoms with Crippen molar-refractivity contribution in [2.45, 2.75) is 34.6 Å². The fraction of sp³-hybridized carbons (Fsp3) is 1.00. The number of hydrogen-bond acceptors (Lipinski definition) is 5. The molecular weight excluding hydrogens is 230 g/mol. The molecule has 0 amide bonds. The predicted octanol–water partition coefficient (Wildman–Crippen LogP) is 1.65. The first-order valence-electron chi connectivity index (χ1n) is 5.73. The van der Waals surface area contributed by atoms with Crippen LogP contribution in [0.5, 0.6) is 0 Å². The SMILES string of the molecule is CCN(CC)CC.CCOS(=O)(=O)OCC. The average molecular weight is 255 g/mol. The summed E-state index contributed by atoms with van der Waals surface area (Å²) in [5, 5.41) is 0. The Morgan fingerprint density at radius 3 is 1.25 bits per heavy atom. The molecule has 0 rings (SSSR count). The summed E-state index contributed by atoms with van der Waals surface area (Å²) in [7, 11) is -3.68. The summed E-state index contributed by atoms with van der Waals surface area (Å²) in [6.07, 6.45) is 0. The smallest absolute Gasteiger partial charge is 0.304 e. The zero-order valence-corrected chi connectivity index (χ0v) is 11.8. The molecule has 0 aromatic heterocycles. The van der Waals surface area contributed by atoms with E-state index in [1.807, 2.05) is 0 Å². The van der Waals surface area contributed by atoms with E-state index >= 15 is 0 Å². The predicted molar refractivity (Wildman–Crippen MR) is 65.6 cm³/mol. The zero-order valence-electron chi connectivity index (χ0n) is 11.0. The maximum atomic E-state index is 10.4. The van der Waals surface area contributed by atoms with Gasteiger partial charge >= 0.3 is 10.4 Å². The number of hydrogen-bond donors (Lipinski definition) is 0. The van der Waals surface area contributed by atoms with Crippen LogP contribution >= 0.6 is 0 Å². The first kappa shape index (κ1) is 18.2. The van der Waals surface area contributed by atoms with Gasteiger partial charge in [0.1, 0.15) is 0 Å².